The minimum absolute atomic E-state index is 0.644. The summed E-state index contributed by atoms with van der Waals surface area (Å²) in [6.07, 6.45) is 0. The lowest BCUT2D eigenvalue weighted by atomic mass is 10.0. The van der Waals surface area contributed by atoms with Gasteiger partial charge in [-0.25, -0.2) is 15.0 Å². The predicted octanol–water partition coefficient (Wildman–Crippen LogP) is 10.3. The van der Waals surface area contributed by atoms with E-state index in [1.807, 2.05) is 18.2 Å². The molecular formula is C41H26N4. The van der Waals surface area contributed by atoms with E-state index in [1.54, 1.807) is 0 Å². The Labute approximate surface area is 259 Å². The number of hydrogen-bond acceptors (Lipinski definition) is 3. The highest BCUT2D eigenvalue weighted by Crippen LogP contribution is 2.37. The molecule has 0 aliphatic carbocycles. The average Bonchev–Trinajstić information content (AvgIpc) is 3.45. The van der Waals surface area contributed by atoms with Crippen LogP contribution in [0.3, 0.4) is 0 Å². The van der Waals surface area contributed by atoms with E-state index >= 15 is 0 Å². The van der Waals surface area contributed by atoms with Gasteiger partial charge < -0.3 is 4.57 Å². The highest BCUT2D eigenvalue weighted by molar-refractivity contribution is 6.10. The topological polar surface area (TPSA) is 43.6 Å². The Morgan fingerprint density at radius 1 is 0.356 bits per heavy atom. The molecule has 0 spiro atoms. The molecule has 7 aromatic carbocycles. The normalized spacial score (nSPS) is 11.6. The minimum atomic E-state index is 0.644. The third-order valence-electron chi connectivity index (χ3n) is 8.60. The van der Waals surface area contributed by atoms with E-state index in [0.29, 0.717) is 17.5 Å². The zero-order valence-electron chi connectivity index (χ0n) is 24.3. The maximum atomic E-state index is 5.17. The summed E-state index contributed by atoms with van der Waals surface area (Å²) >= 11 is 0. The number of hydrogen-bond donors (Lipinski definition) is 0. The fraction of sp³-hybridized carbons (Fsp3) is 0. The van der Waals surface area contributed by atoms with E-state index in [2.05, 4.69) is 144 Å². The van der Waals surface area contributed by atoms with E-state index in [-0.39, 0.29) is 0 Å². The lowest BCUT2D eigenvalue weighted by Crippen LogP contribution is -2.02. The van der Waals surface area contributed by atoms with Crippen molar-refractivity contribution in [1.29, 1.82) is 0 Å². The van der Waals surface area contributed by atoms with Crippen LogP contribution in [0.2, 0.25) is 0 Å². The first kappa shape index (κ1) is 25.4. The smallest absolute Gasteiger partial charge is 0.164 e. The summed E-state index contributed by atoms with van der Waals surface area (Å²) in [6.45, 7) is 0. The van der Waals surface area contributed by atoms with Gasteiger partial charge >= 0.3 is 0 Å². The van der Waals surface area contributed by atoms with Crippen LogP contribution < -0.4 is 0 Å². The molecule has 9 aromatic rings. The Morgan fingerprint density at radius 2 is 0.911 bits per heavy atom. The summed E-state index contributed by atoms with van der Waals surface area (Å²) in [5, 5.41) is 7.01. The first-order chi connectivity index (χ1) is 22.3. The van der Waals surface area contributed by atoms with Gasteiger partial charge in [0.25, 0.3) is 0 Å². The highest BCUT2D eigenvalue weighted by atomic mass is 15.0. The number of para-hydroxylation sites is 2. The Kier molecular flexibility index (Phi) is 5.78. The van der Waals surface area contributed by atoms with Crippen LogP contribution in [0.5, 0.6) is 0 Å². The number of nitrogens with zero attached hydrogens (tertiary/aromatic N) is 4. The van der Waals surface area contributed by atoms with Crippen LogP contribution in [0, 0.1) is 0 Å². The average molecular weight is 575 g/mol. The first-order valence-corrected chi connectivity index (χ1v) is 15.1. The molecule has 0 amide bonds. The third-order valence-corrected chi connectivity index (χ3v) is 8.60. The second kappa shape index (κ2) is 10.2. The van der Waals surface area contributed by atoms with Crippen molar-refractivity contribution < 1.29 is 0 Å². The molecule has 2 aromatic heterocycles. The SMILES string of the molecule is c1ccc(-c2nc(-c3ccc4ccccc4c3)nc(-c3cc(-n4c5ccccc5c5ccccc54)cc4ccccc34)n2)cc1. The minimum Gasteiger partial charge on any atom is -0.309 e. The Morgan fingerprint density at radius 3 is 1.64 bits per heavy atom. The van der Waals surface area contributed by atoms with Gasteiger partial charge in [0.15, 0.2) is 17.5 Å². The van der Waals surface area contributed by atoms with Gasteiger partial charge in [-0.3, -0.25) is 0 Å². The van der Waals surface area contributed by atoms with E-state index in [4.69, 9.17) is 15.0 Å². The van der Waals surface area contributed by atoms with Crippen molar-refractivity contribution in [2.24, 2.45) is 0 Å². The molecule has 2 heterocycles. The zero-order chi connectivity index (χ0) is 29.7. The van der Waals surface area contributed by atoms with Crippen molar-refractivity contribution in [3.8, 4) is 39.9 Å². The van der Waals surface area contributed by atoms with Crippen LogP contribution in [0.1, 0.15) is 0 Å². The number of aromatic nitrogens is 4. The largest absolute Gasteiger partial charge is 0.309 e. The summed E-state index contributed by atoms with van der Waals surface area (Å²) in [5.74, 6) is 1.94. The van der Waals surface area contributed by atoms with E-state index in [0.717, 1.165) is 49.6 Å². The van der Waals surface area contributed by atoms with Gasteiger partial charge in [-0.15, -0.1) is 0 Å². The molecule has 4 heteroatoms. The third kappa shape index (κ3) is 4.27. The first-order valence-electron chi connectivity index (χ1n) is 15.1. The molecule has 0 fully saturated rings. The summed E-state index contributed by atoms with van der Waals surface area (Å²) in [7, 11) is 0. The van der Waals surface area contributed by atoms with Crippen molar-refractivity contribution in [2.45, 2.75) is 0 Å². The van der Waals surface area contributed by atoms with Crippen molar-refractivity contribution in [3.05, 3.63) is 158 Å². The van der Waals surface area contributed by atoms with E-state index in [9.17, 15) is 0 Å². The molecule has 0 radical (unpaired) electrons. The van der Waals surface area contributed by atoms with Gasteiger partial charge in [0.2, 0.25) is 0 Å². The maximum Gasteiger partial charge on any atom is 0.164 e. The molecule has 0 aliphatic rings. The molecule has 0 bridgehead atoms. The maximum absolute atomic E-state index is 5.17. The van der Waals surface area contributed by atoms with Gasteiger partial charge in [-0.05, 0) is 51.9 Å². The standard InChI is InChI=1S/C41H26N4/c1-2-13-28(14-3-1)39-42-40(31-23-22-27-12-4-5-15-29(27)24-31)44-41(43-39)36-26-32(25-30-16-6-7-17-33(30)36)45-37-20-10-8-18-34(37)35-19-9-11-21-38(35)45/h1-26H. The van der Waals surface area contributed by atoms with E-state index < -0.39 is 0 Å². The van der Waals surface area contributed by atoms with Crippen molar-refractivity contribution in [3.63, 3.8) is 0 Å². The Balaban J connectivity index is 1.33. The van der Waals surface area contributed by atoms with Gasteiger partial charge in [0.05, 0.1) is 11.0 Å². The van der Waals surface area contributed by atoms with Gasteiger partial charge in [0, 0.05) is 33.2 Å². The zero-order valence-corrected chi connectivity index (χ0v) is 24.3. The molecule has 210 valence electrons. The van der Waals surface area contributed by atoms with Crippen LogP contribution in [0.25, 0.3) is 83.2 Å². The fourth-order valence-corrected chi connectivity index (χ4v) is 6.48. The lowest BCUT2D eigenvalue weighted by Gasteiger charge is -2.14. The molecule has 45 heavy (non-hydrogen) atoms. The van der Waals surface area contributed by atoms with Gasteiger partial charge in [-0.1, -0.05) is 127 Å². The lowest BCUT2D eigenvalue weighted by molar-refractivity contribution is 1.07. The highest BCUT2D eigenvalue weighted by Gasteiger charge is 2.18. The van der Waals surface area contributed by atoms with Crippen LogP contribution in [-0.2, 0) is 0 Å². The summed E-state index contributed by atoms with van der Waals surface area (Å²) < 4.78 is 2.35. The molecule has 0 saturated carbocycles. The van der Waals surface area contributed by atoms with Crippen LogP contribution in [0.4, 0.5) is 0 Å². The molecule has 9 rings (SSSR count). The molecule has 0 unspecified atom stereocenters. The number of rotatable bonds is 4. The van der Waals surface area contributed by atoms with Crippen molar-refractivity contribution >= 4 is 43.4 Å². The van der Waals surface area contributed by atoms with E-state index in [1.165, 1.54) is 16.2 Å². The van der Waals surface area contributed by atoms with Gasteiger partial charge in [0.1, 0.15) is 0 Å². The number of benzene rings is 7. The second-order valence-corrected chi connectivity index (χ2v) is 11.3. The monoisotopic (exact) mass is 574 g/mol. The van der Waals surface area contributed by atoms with Crippen LogP contribution in [0.15, 0.2) is 158 Å². The second-order valence-electron chi connectivity index (χ2n) is 11.3. The molecule has 0 atom stereocenters. The Hall–Kier alpha value is -6.13. The summed E-state index contributed by atoms with van der Waals surface area (Å²) in [4.78, 5) is 15.3. The summed E-state index contributed by atoms with van der Waals surface area (Å²) in [6, 6.07) is 55.1. The number of fused-ring (bicyclic) bond motifs is 5. The van der Waals surface area contributed by atoms with Crippen LogP contribution >= 0.6 is 0 Å². The van der Waals surface area contributed by atoms with Crippen LogP contribution in [-0.4, -0.2) is 19.5 Å². The quantitative estimate of drug-likeness (QED) is 0.210. The fourth-order valence-electron chi connectivity index (χ4n) is 6.48. The van der Waals surface area contributed by atoms with Crippen molar-refractivity contribution in [1.82, 2.24) is 19.5 Å². The molecule has 0 aliphatic heterocycles. The molecule has 0 saturated heterocycles. The molecule has 0 N–H and O–H groups in total. The predicted molar refractivity (Wildman–Crippen MR) is 185 cm³/mol. The summed E-state index contributed by atoms with van der Waals surface area (Å²) in [5.41, 5.74) is 6.26. The molecule has 4 nitrogen and oxygen atoms in total. The molecular weight excluding hydrogens is 548 g/mol. The van der Waals surface area contributed by atoms with Gasteiger partial charge in [-0.2, -0.15) is 0 Å². The van der Waals surface area contributed by atoms with Crippen molar-refractivity contribution in [2.75, 3.05) is 0 Å². The Bertz CT molecular complexity index is 2490.